The highest BCUT2D eigenvalue weighted by Gasteiger charge is 2.75. The van der Waals surface area contributed by atoms with E-state index in [1.807, 2.05) is 13.8 Å². The summed E-state index contributed by atoms with van der Waals surface area (Å²) in [6, 6.07) is 0. The number of rotatable bonds is 1. The molecule has 5 aliphatic rings. The van der Waals surface area contributed by atoms with Gasteiger partial charge in [0.1, 0.15) is 0 Å². The summed E-state index contributed by atoms with van der Waals surface area (Å²) in [6.07, 6.45) is 8.57. The van der Waals surface area contributed by atoms with Gasteiger partial charge in [0, 0.05) is 5.41 Å². The van der Waals surface area contributed by atoms with Crippen LogP contribution in [0.3, 0.4) is 0 Å². The largest absolute Gasteiger partial charge is 0.393 e. The first kappa shape index (κ1) is 19.5. The lowest BCUT2D eigenvalue weighted by atomic mass is 9.44. The zero-order valence-electron chi connectivity index (χ0n) is 18.3. The van der Waals surface area contributed by atoms with Crippen LogP contribution in [-0.2, 0) is 14.3 Å². The van der Waals surface area contributed by atoms with Crippen LogP contribution in [0.4, 0.5) is 0 Å². The molecule has 1 heterocycles. The van der Waals surface area contributed by atoms with Crippen LogP contribution in [0.1, 0.15) is 86.0 Å². The zero-order chi connectivity index (χ0) is 20.1. The van der Waals surface area contributed by atoms with E-state index in [0.29, 0.717) is 29.1 Å². The summed E-state index contributed by atoms with van der Waals surface area (Å²) >= 11 is 0. The van der Waals surface area contributed by atoms with E-state index in [-0.39, 0.29) is 23.4 Å². The van der Waals surface area contributed by atoms with Gasteiger partial charge in [-0.1, -0.05) is 13.8 Å². The maximum atomic E-state index is 13.1. The Labute approximate surface area is 169 Å². The number of hydrogen-bond donors (Lipinski definition) is 1. The molecule has 158 valence electrons. The Morgan fingerprint density at radius 3 is 2.43 bits per heavy atom. The van der Waals surface area contributed by atoms with Crippen LogP contribution in [0.15, 0.2) is 0 Å². The van der Waals surface area contributed by atoms with Gasteiger partial charge in [-0.2, -0.15) is 0 Å². The quantitative estimate of drug-likeness (QED) is 0.717. The van der Waals surface area contributed by atoms with Crippen LogP contribution in [-0.4, -0.2) is 34.5 Å². The molecule has 5 rings (SSSR count). The van der Waals surface area contributed by atoms with Gasteiger partial charge >= 0.3 is 0 Å². The summed E-state index contributed by atoms with van der Waals surface area (Å²) < 4.78 is 12.9. The Bertz CT molecular complexity index is 688. The van der Waals surface area contributed by atoms with Gasteiger partial charge in [0.25, 0.3) is 0 Å². The van der Waals surface area contributed by atoms with Crippen molar-refractivity contribution in [1.82, 2.24) is 0 Å². The van der Waals surface area contributed by atoms with Crippen molar-refractivity contribution < 1.29 is 19.4 Å². The average molecular weight is 391 g/mol. The minimum atomic E-state index is -0.771. The molecule has 4 heteroatoms. The number of aliphatic hydroxyl groups is 1. The van der Waals surface area contributed by atoms with E-state index >= 15 is 0 Å². The number of aliphatic hydroxyl groups excluding tert-OH is 1. The van der Waals surface area contributed by atoms with Gasteiger partial charge in [0.15, 0.2) is 17.2 Å². The molecule has 0 unspecified atom stereocenters. The molecule has 0 amide bonds. The van der Waals surface area contributed by atoms with Crippen molar-refractivity contribution in [2.45, 2.75) is 110 Å². The first-order valence-electron chi connectivity index (χ1n) is 11.6. The second kappa shape index (κ2) is 5.82. The van der Waals surface area contributed by atoms with Crippen LogP contribution < -0.4 is 0 Å². The van der Waals surface area contributed by atoms with Gasteiger partial charge in [-0.3, -0.25) is 4.79 Å². The standard InChI is InChI=1S/C24H38O4/c1-14(25)24-20(27-21(2,3)28-24)13-19-17-7-6-15-12-16(26)8-10-22(15,4)18(17)9-11-23(19,24)5/h15-20,26H,6-13H2,1-5H3/t15-,16-,17+,18-,19-,20+,22-,23-,24+/m0/s1. The van der Waals surface area contributed by atoms with Crippen LogP contribution >= 0.6 is 0 Å². The van der Waals surface area contributed by atoms with E-state index in [2.05, 4.69) is 13.8 Å². The molecular weight excluding hydrogens is 352 g/mol. The lowest BCUT2D eigenvalue weighted by Gasteiger charge is -2.61. The number of fused-ring (bicyclic) bond motifs is 7. The van der Waals surface area contributed by atoms with E-state index in [1.165, 1.54) is 19.3 Å². The maximum absolute atomic E-state index is 13.1. The summed E-state index contributed by atoms with van der Waals surface area (Å²) in [4.78, 5) is 13.1. The van der Waals surface area contributed by atoms with Gasteiger partial charge in [0.05, 0.1) is 12.2 Å². The summed E-state index contributed by atoms with van der Waals surface area (Å²) in [5.41, 5.74) is -0.548. The zero-order valence-corrected chi connectivity index (χ0v) is 18.3. The molecule has 0 bridgehead atoms. The third kappa shape index (κ3) is 2.26. The molecule has 4 saturated carbocycles. The van der Waals surface area contributed by atoms with Gasteiger partial charge in [-0.15, -0.1) is 0 Å². The number of ketones is 1. The molecule has 0 aromatic carbocycles. The average Bonchev–Trinajstić information content (AvgIpc) is 3.02. The van der Waals surface area contributed by atoms with Crippen LogP contribution in [0, 0.1) is 34.5 Å². The molecule has 0 spiro atoms. The fourth-order valence-corrected chi connectivity index (χ4v) is 8.98. The predicted octanol–water partition coefficient (Wildman–Crippen LogP) is 4.48. The van der Waals surface area contributed by atoms with Crippen LogP contribution in [0.2, 0.25) is 0 Å². The van der Waals surface area contributed by atoms with Crippen LogP contribution in [0.5, 0.6) is 0 Å². The molecule has 4 aliphatic carbocycles. The molecule has 0 aromatic rings. The van der Waals surface area contributed by atoms with E-state index in [0.717, 1.165) is 32.1 Å². The number of Topliss-reactive ketones (excluding diaryl/α,β-unsaturated/α-hetero) is 1. The number of carbonyl (C=O) groups is 1. The lowest BCUT2D eigenvalue weighted by molar-refractivity contribution is -0.219. The van der Waals surface area contributed by atoms with E-state index in [9.17, 15) is 9.90 Å². The summed E-state index contributed by atoms with van der Waals surface area (Å²) in [5.74, 6) is 2.02. The monoisotopic (exact) mass is 390 g/mol. The SMILES string of the molecule is CC(=O)[C@@]12OC(C)(C)O[C@@H]1C[C@H]1[C@@H]3CC[C@H]4C[C@@H](O)CC[C@]4(C)[C@H]3CC[C@@]12C. The lowest BCUT2D eigenvalue weighted by Crippen LogP contribution is -2.60. The predicted molar refractivity (Wildman–Crippen MR) is 107 cm³/mol. The third-order valence-electron chi connectivity index (χ3n) is 10.2. The molecule has 1 saturated heterocycles. The van der Waals surface area contributed by atoms with Gasteiger partial charge in [0.2, 0.25) is 0 Å². The second-order valence-electron chi connectivity index (χ2n) is 11.7. The molecule has 0 aromatic heterocycles. The van der Waals surface area contributed by atoms with Crippen molar-refractivity contribution in [3.63, 3.8) is 0 Å². The fourth-order valence-electron chi connectivity index (χ4n) is 8.98. The minimum absolute atomic E-state index is 0.0978. The van der Waals surface area contributed by atoms with Crippen molar-refractivity contribution in [3.05, 3.63) is 0 Å². The first-order valence-corrected chi connectivity index (χ1v) is 11.6. The molecule has 5 fully saturated rings. The van der Waals surface area contributed by atoms with Crippen LogP contribution in [0.25, 0.3) is 0 Å². The maximum Gasteiger partial charge on any atom is 0.164 e. The number of ether oxygens (including phenoxy) is 2. The minimum Gasteiger partial charge on any atom is -0.393 e. The molecule has 9 atom stereocenters. The number of hydrogen-bond acceptors (Lipinski definition) is 4. The Morgan fingerprint density at radius 2 is 1.71 bits per heavy atom. The van der Waals surface area contributed by atoms with Gasteiger partial charge < -0.3 is 14.6 Å². The van der Waals surface area contributed by atoms with E-state index < -0.39 is 11.4 Å². The topological polar surface area (TPSA) is 55.8 Å². The molecular formula is C24H38O4. The Kier molecular flexibility index (Phi) is 4.06. The molecule has 0 radical (unpaired) electrons. The number of carbonyl (C=O) groups excluding carboxylic acids is 1. The molecule has 28 heavy (non-hydrogen) atoms. The van der Waals surface area contributed by atoms with E-state index in [4.69, 9.17) is 9.47 Å². The highest BCUT2D eigenvalue weighted by atomic mass is 16.8. The third-order valence-corrected chi connectivity index (χ3v) is 10.2. The van der Waals surface area contributed by atoms with Crippen molar-refractivity contribution >= 4 is 5.78 Å². The normalized spacial score (nSPS) is 57.1. The highest BCUT2D eigenvalue weighted by Crippen LogP contribution is 2.71. The van der Waals surface area contributed by atoms with Crippen molar-refractivity contribution in [3.8, 4) is 0 Å². The summed E-state index contributed by atoms with van der Waals surface area (Å²) in [7, 11) is 0. The van der Waals surface area contributed by atoms with Crippen molar-refractivity contribution in [2.24, 2.45) is 34.5 Å². The fraction of sp³-hybridized carbons (Fsp3) is 0.958. The first-order chi connectivity index (χ1) is 13.0. The molecule has 4 nitrogen and oxygen atoms in total. The van der Waals surface area contributed by atoms with Crippen molar-refractivity contribution in [1.29, 1.82) is 0 Å². The van der Waals surface area contributed by atoms with Crippen molar-refractivity contribution in [2.75, 3.05) is 0 Å². The summed E-state index contributed by atoms with van der Waals surface area (Å²) in [5, 5.41) is 10.2. The Morgan fingerprint density at radius 1 is 0.964 bits per heavy atom. The summed E-state index contributed by atoms with van der Waals surface area (Å²) in [6.45, 7) is 10.5. The molecule has 1 aliphatic heterocycles. The Balaban J connectivity index is 1.50. The smallest absolute Gasteiger partial charge is 0.164 e. The van der Waals surface area contributed by atoms with Gasteiger partial charge in [-0.25, -0.2) is 0 Å². The van der Waals surface area contributed by atoms with Gasteiger partial charge in [-0.05, 0) is 101 Å². The van der Waals surface area contributed by atoms with E-state index in [1.54, 1.807) is 6.92 Å². The second-order valence-corrected chi connectivity index (χ2v) is 11.7. The molecule has 1 N–H and O–H groups in total. The Hall–Kier alpha value is -0.450. The highest BCUT2D eigenvalue weighted by molar-refractivity contribution is 5.88.